The lowest BCUT2D eigenvalue weighted by molar-refractivity contribution is -0.0226. The molecule has 0 aromatic heterocycles. The lowest BCUT2D eigenvalue weighted by atomic mass is 9.44. The van der Waals surface area contributed by atoms with Crippen molar-refractivity contribution >= 4 is 5.69 Å². The summed E-state index contributed by atoms with van der Waals surface area (Å²) in [6.45, 7) is 0. The number of hydrogen-bond donors (Lipinski definition) is 1. The van der Waals surface area contributed by atoms with Crippen LogP contribution < -0.4 is 5.73 Å². The summed E-state index contributed by atoms with van der Waals surface area (Å²) < 4.78 is 0. The number of hydrogen-bond acceptors (Lipinski definition) is 2. The zero-order chi connectivity index (χ0) is 11.2. The van der Waals surface area contributed by atoms with Crippen LogP contribution in [0.15, 0.2) is 24.3 Å². The van der Waals surface area contributed by atoms with Crippen molar-refractivity contribution in [3.05, 3.63) is 29.8 Å². The molecule has 16 heavy (non-hydrogen) atoms. The average molecular weight is 212 g/mol. The van der Waals surface area contributed by atoms with E-state index < -0.39 is 0 Å². The number of nitrogen functional groups attached to an aromatic ring is 1. The van der Waals surface area contributed by atoms with Crippen LogP contribution in [0.3, 0.4) is 0 Å². The zero-order valence-corrected chi connectivity index (χ0v) is 9.37. The Kier molecular flexibility index (Phi) is 1.83. The summed E-state index contributed by atoms with van der Waals surface area (Å²) in [7, 11) is 0. The Labute approximate surface area is 96.1 Å². The van der Waals surface area contributed by atoms with Crippen LogP contribution in [0.4, 0.5) is 5.69 Å². The molecule has 2 fully saturated rings. The molecule has 1 aromatic carbocycles. The highest BCUT2D eigenvalue weighted by molar-refractivity contribution is 5.47. The first kappa shape index (κ1) is 9.72. The van der Waals surface area contributed by atoms with Gasteiger partial charge in [0.1, 0.15) is 0 Å². The number of rotatable bonds is 1. The first-order valence-electron chi connectivity index (χ1n) is 5.95. The van der Waals surface area contributed by atoms with Crippen molar-refractivity contribution in [2.45, 2.75) is 37.5 Å². The molecule has 2 N–H and O–H groups in total. The first-order valence-corrected chi connectivity index (χ1v) is 5.95. The van der Waals surface area contributed by atoms with Crippen LogP contribution in [0.25, 0.3) is 0 Å². The second-order valence-corrected chi connectivity index (χ2v) is 5.53. The molecule has 2 nitrogen and oxygen atoms in total. The van der Waals surface area contributed by atoms with E-state index >= 15 is 0 Å². The summed E-state index contributed by atoms with van der Waals surface area (Å²) >= 11 is 0. The fraction of sp³-hybridized carbons (Fsp3) is 0.500. The van der Waals surface area contributed by atoms with Crippen LogP contribution in [-0.2, 0) is 5.41 Å². The Balaban J connectivity index is 1.90. The highest BCUT2D eigenvalue weighted by Gasteiger charge is 2.58. The summed E-state index contributed by atoms with van der Waals surface area (Å²) in [4.78, 5) is 0. The molecule has 0 heterocycles. The molecule has 0 amide bonds. The van der Waals surface area contributed by atoms with Gasteiger partial charge in [0.05, 0.1) is 11.5 Å². The van der Waals surface area contributed by atoms with E-state index in [0.29, 0.717) is 5.41 Å². The lowest BCUT2D eigenvalue weighted by Crippen LogP contribution is -2.52. The third-order valence-electron chi connectivity index (χ3n) is 4.42. The maximum Gasteiger partial charge on any atom is 0.0833 e. The monoisotopic (exact) mass is 212 g/mol. The van der Waals surface area contributed by atoms with Crippen molar-refractivity contribution < 1.29 is 0 Å². The molecule has 0 saturated heterocycles. The Morgan fingerprint density at radius 2 is 2.00 bits per heavy atom. The summed E-state index contributed by atoms with van der Waals surface area (Å²) in [5.74, 6) is 0. The van der Waals surface area contributed by atoms with E-state index in [0.717, 1.165) is 24.1 Å². The molecule has 1 aromatic rings. The Bertz CT molecular complexity index is 458. The molecule has 2 saturated carbocycles. The van der Waals surface area contributed by atoms with Crippen molar-refractivity contribution in [3.63, 3.8) is 0 Å². The number of benzene rings is 1. The summed E-state index contributed by atoms with van der Waals surface area (Å²) in [6.07, 6.45) is 6.07. The van der Waals surface area contributed by atoms with Crippen LogP contribution in [0.1, 0.15) is 37.7 Å². The van der Waals surface area contributed by atoms with Gasteiger partial charge in [0.2, 0.25) is 0 Å². The van der Waals surface area contributed by atoms with Crippen LogP contribution >= 0.6 is 0 Å². The molecule has 2 heteroatoms. The zero-order valence-electron chi connectivity index (χ0n) is 9.37. The van der Waals surface area contributed by atoms with Gasteiger partial charge < -0.3 is 5.73 Å². The van der Waals surface area contributed by atoms with Crippen molar-refractivity contribution in [2.75, 3.05) is 5.73 Å². The van der Waals surface area contributed by atoms with Crippen molar-refractivity contribution in [2.24, 2.45) is 5.41 Å². The molecule has 0 aliphatic heterocycles. The van der Waals surface area contributed by atoms with E-state index in [1.807, 2.05) is 24.3 Å². The third kappa shape index (κ3) is 1.18. The molecule has 0 atom stereocenters. The van der Waals surface area contributed by atoms with E-state index in [2.05, 4.69) is 6.07 Å². The Morgan fingerprint density at radius 3 is 2.50 bits per heavy atom. The number of nitrogens with two attached hydrogens (primary N) is 1. The van der Waals surface area contributed by atoms with Gasteiger partial charge in [0.25, 0.3) is 0 Å². The summed E-state index contributed by atoms with van der Waals surface area (Å²) in [6, 6.07) is 10.4. The SMILES string of the molecule is N#CC1(c2cccc(N)c2)CC2(CCC2)C1. The predicted octanol–water partition coefficient (Wildman–Crippen LogP) is 2.99. The summed E-state index contributed by atoms with van der Waals surface area (Å²) in [5.41, 5.74) is 7.95. The molecule has 2 aliphatic carbocycles. The van der Waals surface area contributed by atoms with Crippen molar-refractivity contribution in [3.8, 4) is 6.07 Å². The highest BCUT2D eigenvalue weighted by Crippen LogP contribution is 2.64. The van der Waals surface area contributed by atoms with Gasteiger partial charge in [0, 0.05) is 5.69 Å². The fourth-order valence-electron chi connectivity index (χ4n) is 3.44. The van der Waals surface area contributed by atoms with Gasteiger partial charge in [-0.3, -0.25) is 0 Å². The van der Waals surface area contributed by atoms with E-state index in [1.54, 1.807) is 0 Å². The maximum absolute atomic E-state index is 9.44. The molecule has 82 valence electrons. The quantitative estimate of drug-likeness (QED) is 0.727. The van der Waals surface area contributed by atoms with E-state index in [9.17, 15) is 5.26 Å². The topological polar surface area (TPSA) is 49.8 Å². The molecule has 0 unspecified atom stereocenters. The smallest absolute Gasteiger partial charge is 0.0833 e. The second-order valence-electron chi connectivity index (χ2n) is 5.53. The third-order valence-corrected chi connectivity index (χ3v) is 4.42. The largest absolute Gasteiger partial charge is 0.399 e. The van der Waals surface area contributed by atoms with Gasteiger partial charge in [-0.1, -0.05) is 18.6 Å². The minimum atomic E-state index is -0.240. The average Bonchev–Trinajstić information content (AvgIpc) is 2.15. The molecule has 2 aliphatic rings. The molecule has 0 radical (unpaired) electrons. The minimum Gasteiger partial charge on any atom is -0.399 e. The highest BCUT2D eigenvalue weighted by atomic mass is 14.6. The normalized spacial score (nSPS) is 24.2. The Morgan fingerprint density at radius 1 is 1.25 bits per heavy atom. The lowest BCUT2D eigenvalue weighted by Gasteiger charge is -2.58. The maximum atomic E-state index is 9.44. The van der Waals surface area contributed by atoms with Gasteiger partial charge in [-0.05, 0) is 48.8 Å². The standard InChI is InChI=1S/C14H16N2/c15-10-14(8-13(9-14)5-2-6-13)11-3-1-4-12(16)7-11/h1,3-4,7H,2,5-6,8-9,16H2. The van der Waals surface area contributed by atoms with E-state index in [-0.39, 0.29) is 5.41 Å². The van der Waals surface area contributed by atoms with Gasteiger partial charge in [-0.25, -0.2) is 0 Å². The van der Waals surface area contributed by atoms with Gasteiger partial charge in [-0.2, -0.15) is 5.26 Å². The van der Waals surface area contributed by atoms with Crippen LogP contribution in [0.5, 0.6) is 0 Å². The molecule has 1 spiro atoms. The van der Waals surface area contributed by atoms with Crippen LogP contribution in [-0.4, -0.2) is 0 Å². The van der Waals surface area contributed by atoms with Gasteiger partial charge >= 0.3 is 0 Å². The van der Waals surface area contributed by atoms with Crippen molar-refractivity contribution in [1.29, 1.82) is 5.26 Å². The number of anilines is 1. The number of nitrogens with zero attached hydrogens (tertiary/aromatic N) is 1. The van der Waals surface area contributed by atoms with Gasteiger partial charge in [0.15, 0.2) is 0 Å². The predicted molar refractivity (Wildman–Crippen MR) is 63.7 cm³/mol. The Hall–Kier alpha value is -1.49. The van der Waals surface area contributed by atoms with E-state index in [4.69, 9.17) is 5.73 Å². The fourth-order valence-corrected chi connectivity index (χ4v) is 3.44. The van der Waals surface area contributed by atoms with E-state index in [1.165, 1.54) is 19.3 Å². The molecule has 0 bridgehead atoms. The minimum absolute atomic E-state index is 0.240. The van der Waals surface area contributed by atoms with Gasteiger partial charge in [-0.15, -0.1) is 0 Å². The number of nitriles is 1. The molecule has 3 rings (SSSR count). The van der Waals surface area contributed by atoms with Crippen molar-refractivity contribution in [1.82, 2.24) is 0 Å². The van der Waals surface area contributed by atoms with Crippen LogP contribution in [0, 0.1) is 16.7 Å². The summed E-state index contributed by atoms with van der Waals surface area (Å²) in [5, 5.41) is 9.44. The first-order chi connectivity index (χ1) is 7.68. The second kappa shape index (κ2) is 3.01. The molecular weight excluding hydrogens is 196 g/mol. The molecular formula is C14H16N2. The van der Waals surface area contributed by atoms with Crippen LogP contribution in [0.2, 0.25) is 0 Å².